The van der Waals surface area contributed by atoms with Crippen LogP contribution in [0, 0.1) is 0 Å². The van der Waals surface area contributed by atoms with Crippen LogP contribution in [-0.4, -0.2) is 13.0 Å². The maximum atomic E-state index is 5.58. The van der Waals surface area contributed by atoms with E-state index in [1.165, 1.54) is 0 Å². The van der Waals surface area contributed by atoms with Gasteiger partial charge >= 0.3 is 0 Å². The van der Waals surface area contributed by atoms with Gasteiger partial charge in [-0.15, -0.1) is 0 Å². The summed E-state index contributed by atoms with van der Waals surface area (Å²) in [5.74, 6) is 0.833. The molecular weight excluding hydrogens is 134 g/mol. The van der Waals surface area contributed by atoms with E-state index in [2.05, 4.69) is 10.2 Å². The summed E-state index contributed by atoms with van der Waals surface area (Å²) in [6.45, 7) is 0. The molecular formula is C5H6BClN2. The van der Waals surface area contributed by atoms with Crippen LogP contribution in [0.2, 0.25) is 5.02 Å². The summed E-state index contributed by atoms with van der Waals surface area (Å²) in [4.78, 5) is 3.95. The topological polar surface area (TPSA) is 24.9 Å². The first-order valence-electron chi connectivity index (χ1n) is 2.62. The molecule has 46 valence electrons. The molecule has 0 aliphatic heterocycles. The van der Waals surface area contributed by atoms with E-state index >= 15 is 0 Å². The maximum Gasteiger partial charge on any atom is 0.215 e. The lowest BCUT2D eigenvalue weighted by Gasteiger charge is -1.95. The quantitative estimate of drug-likeness (QED) is 0.581. The van der Waals surface area contributed by atoms with Gasteiger partial charge in [0.15, 0.2) is 0 Å². The predicted molar refractivity (Wildman–Crippen MR) is 41.4 cm³/mol. The Kier molecular flexibility index (Phi) is 1.95. The van der Waals surface area contributed by atoms with Crippen LogP contribution in [0.3, 0.4) is 0 Å². The highest BCUT2D eigenvalue weighted by atomic mass is 35.5. The first-order chi connectivity index (χ1) is 4.33. The second-order valence-electron chi connectivity index (χ2n) is 1.61. The van der Waals surface area contributed by atoms with Crippen molar-refractivity contribution in [3.8, 4) is 0 Å². The largest absolute Gasteiger partial charge is 0.420 e. The van der Waals surface area contributed by atoms with E-state index < -0.39 is 0 Å². The third-order valence-corrected chi connectivity index (χ3v) is 1.21. The molecule has 2 nitrogen and oxygen atoms in total. The second kappa shape index (κ2) is 2.73. The van der Waals surface area contributed by atoms with Crippen molar-refractivity contribution in [1.82, 2.24) is 4.98 Å². The lowest BCUT2D eigenvalue weighted by atomic mass is 10.4. The van der Waals surface area contributed by atoms with Crippen molar-refractivity contribution in [2.45, 2.75) is 0 Å². The highest BCUT2D eigenvalue weighted by molar-refractivity contribution is 6.30. The van der Waals surface area contributed by atoms with E-state index in [-0.39, 0.29) is 0 Å². The highest BCUT2D eigenvalue weighted by Gasteiger charge is 1.86. The molecule has 1 aromatic rings. The van der Waals surface area contributed by atoms with Crippen molar-refractivity contribution < 1.29 is 0 Å². The van der Waals surface area contributed by atoms with Gasteiger partial charge in [0.25, 0.3) is 0 Å². The number of hydrogen-bond acceptors (Lipinski definition) is 2. The fourth-order valence-electron chi connectivity index (χ4n) is 0.524. The minimum absolute atomic E-state index is 0.661. The molecule has 1 aromatic heterocycles. The van der Waals surface area contributed by atoms with Crippen molar-refractivity contribution in [1.29, 1.82) is 0 Å². The first-order valence-corrected chi connectivity index (χ1v) is 3.00. The molecule has 1 N–H and O–H groups in total. The minimum atomic E-state index is 0.661. The summed E-state index contributed by atoms with van der Waals surface area (Å²) in [5.41, 5.74) is 0. The monoisotopic (exact) mass is 140 g/mol. The maximum absolute atomic E-state index is 5.58. The Hall–Kier alpha value is -0.695. The lowest BCUT2D eigenvalue weighted by molar-refractivity contribution is 1.33. The summed E-state index contributed by atoms with van der Waals surface area (Å²) in [5, 5.41) is 3.55. The predicted octanol–water partition coefficient (Wildman–Crippen LogP) is 0.695. The van der Waals surface area contributed by atoms with E-state index in [1.807, 2.05) is 14.0 Å². The number of hydrogen-bond donors (Lipinski definition) is 1. The van der Waals surface area contributed by atoms with E-state index in [0.717, 1.165) is 5.82 Å². The number of pyridine rings is 1. The van der Waals surface area contributed by atoms with Crippen molar-refractivity contribution in [2.75, 3.05) is 5.23 Å². The van der Waals surface area contributed by atoms with Crippen LogP contribution in [0.25, 0.3) is 0 Å². The molecule has 0 aromatic carbocycles. The molecule has 0 bridgehead atoms. The average molecular weight is 140 g/mol. The van der Waals surface area contributed by atoms with Crippen molar-refractivity contribution in [3.63, 3.8) is 0 Å². The first kappa shape index (κ1) is 6.43. The SMILES string of the molecule is BNc1ccc(Cl)cn1. The number of anilines is 1. The second-order valence-corrected chi connectivity index (χ2v) is 2.05. The zero-order chi connectivity index (χ0) is 6.69. The Bertz CT molecular complexity index is 187. The molecule has 9 heavy (non-hydrogen) atoms. The minimum Gasteiger partial charge on any atom is -0.420 e. The van der Waals surface area contributed by atoms with Crippen molar-refractivity contribution >= 4 is 25.4 Å². The number of rotatable bonds is 1. The summed E-state index contributed by atoms with van der Waals surface area (Å²) in [6, 6.07) is 3.61. The van der Waals surface area contributed by atoms with Gasteiger partial charge in [-0.1, -0.05) is 11.6 Å². The van der Waals surface area contributed by atoms with E-state index in [0.29, 0.717) is 5.02 Å². The molecule has 4 heteroatoms. The van der Waals surface area contributed by atoms with Gasteiger partial charge in [0.2, 0.25) is 7.98 Å². The molecule has 0 saturated carbocycles. The molecule has 0 atom stereocenters. The van der Waals surface area contributed by atoms with Gasteiger partial charge in [-0.2, -0.15) is 0 Å². The van der Waals surface area contributed by atoms with Gasteiger partial charge in [0.1, 0.15) is 5.82 Å². The van der Waals surface area contributed by atoms with E-state index in [1.54, 1.807) is 12.3 Å². The Morgan fingerprint density at radius 3 is 2.78 bits per heavy atom. The molecule has 1 rings (SSSR count). The molecule has 0 unspecified atom stereocenters. The third kappa shape index (κ3) is 1.61. The van der Waals surface area contributed by atoms with Crippen LogP contribution in [-0.2, 0) is 0 Å². The van der Waals surface area contributed by atoms with Crippen LogP contribution >= 0.6 is 11.6 Å². The van der Waals surface area contributed by atoms with Gasteiger partial charge < -0.3 is 5.23 Å². The van der Waals surface area contributed by atoms with Crippen LogP contribution < -0.4 is 5.23 Å². The van der Waals surface area contributed by atoms with Gasteiger partial charge in [0.05, 0.1) is 5.02 Å². The number of aromatic nitrogens is 1. The highest BCUT2D eigenvalue weighted by Crippen LogP contribution is 2.07. The van der Waals surface area contributed by atoms with Crippen molar-refractivity contribution in [2.24, 2.45) is 0 Å². The Labute approximate surface area is 59.7 Å². The summed E-state index contributed by atoms with van der Waals surface area (Å²) in [6.07, 6.45) is 1.60. The number of nitrogens with one attached hydrogen (secondary N) is 1. The molecule has 1 heterocycles. The van der Waals surface area contributed by atoms with Crippen LogP contribution in [0.5, 0.6) is 0 Å². The molecule has 0 radical (unpaired) electrons. The lowest BCUT2D eigenvalue weighted by Crippen LogP contribution is -1.91. The normalized spacial score (nSPS) is 9.00. The standard InChI is InChI=1S/C5H6BClN2/c6-9-5-2-1-4(7)3-8-5/h1-3H,6H2,(H,8,9). The molecule has 0 spiro atoms. The third-order valence-electron chi connectivity index (χ3n) is 0.984. The van der Waals surface area contributed by atoms with Crippen LogP contribution in [0.15, 0.2) is 18.3 Å². The fourth-order valence-corrected chi connectivity index (χ4v) is 0.635. The fraction of sp³-hybridized carbons (Fsp3) is 0. The van der Waals surface area contributed by atoms with Gasteiger partial charge in [-0.3, -0.25) is 0 Å². The molecule has 0 aliphatic rings. The Balaban J connectivity index is 2.88. The molecule has 0 aliphatic carbocycles. The van der Waals surface area contributed by atoms with Gasteiger partial charge in [-0.05, 0) is 12.1 Å². The zero-order valence-corrected chi connectivity index (χ0v) is 5.81. The molecule has 0 amide bonds. The van der Waals surface area contributed by atoms with Gasteiger partial charge in [-0.25, -0.2) is 4.98 Å². The smallest absolute Gasteiger partial charge is 0.215 e. The number of nitrogens with zero attached hydrogens (tertiary/aromatic N) is 1. The Morgan fingerprint density at radius 2 is 2.33 bits per heavy atom. The zero-order valence-electron chi connectivity index (χ0n) is 5.06. The summed E-state index contributed by atoms with van der Waals surface area (Å²) >= 11 is 5.58. The average Bonchev–Trinajstić information content (AvgIpc) is 1.90. The molecule has 0 fully saturated rings. The Morgan fingerprint density at radius 1 is 1.56 bits per heavy atom. The summed E-state index contributed by atoms with van der Waals surface area (Å²) in [7, 11) is 1.82. The van der Waals surface area contributed by atoms with E-state index in [4.69, 9.17) is 11.6 Å². The van der Waals surface area contributed by atoms with Crippen LogP contribution in [0.1, 0.15) is 0 Å². The van der Waals surface area contributed by atoms with Gasteiger partial charge in [0, 0.05) is 6.20 Å². The number of halogens is 1. The van der Waals surface area contributed by atoms with E-state index in [9.17, 15) is 0 Å². The van der Waals surface area contributed by atoms with Crippen LogP contribution in [0.4, 0.5) is 5.82 Å². The molecule has 0 saturated heterocycles. The van der Waals surface area contributed by atoms with Crippen molar-refractivity contribution in [3.05, 3.63) is 23.4 Å². The summed E-state index contributed by atoms with van der Waals surface area (Å²) < 4.78 is 0.